The van der Waals surface area contributed by atoms with Gasteiger partial charge in [0.1, 0.15) is 12.3 Å². The van der Waals surface area contributed by atoms with Crippen LogP contribution in [0.5, 0.6) is 0 Å². The van der Waals surface area contributed by atoms with Gasteiger partial charge in [0.2, 0.25) is 11.7 Å². The summed E-state index contributed by atoms with van der Waals surface area (Å²) in [6.45, 7) is 1.85. The highest BCUT2D eigenvalue weighted by atomic mass is 16.3. The van der Waals surface area contributed by atoms with Gasteiger partial charge in [-0.15, -0.1) is 10.2 Å². The van der Waals surface area contributed by atoms with Gasteiger partial charge in [-0.05, 0) is 24.3 Å². The fraction of sp³-hybridized carbons (Fsp3) is 0.200. The van der Waals surface area contributed by atoms with E-state index in [1.165, 1.54) is 4.80 Å². The first-order valence-corrected chi connectivity index (χ1v) is 6.88. The summed E-state index contributed by atoms with van der Waals surface area (Å²) < 4.78 is 5.24. The van der Waals surface area contributed by atoms with Gasteiger partial charge in [0.25, 0.3) is 0 Å². The van der Waals surface area contributed by atoms with Crippen molar-refractivity contribution in [1.82, 2.24) is 25.5 Å². The lowest BCUT2D eigenvalue weighted by Gasteiger charge is -2.10. The Balaban J connectivity index is 1.62. The molecule has 0 aliphatic heterocycles. The van der Waals surface area contributed by atoms with Crippen molar-refractivity contribution in [3.05, 3.63) is 54.5 Å². The number of nitrogens with one attached hydrogen (secondary N) is 1. The van der Waals surface area contributed by atoms with Gasteiger partial charge in [-0.2, -0.15) is 4.80 Å². The number of hydrogen-bond donors (Lipinski definition) is 1. The van der Waals surface area contributed by atoms with Gasteiger partial charge in [0.05, 0.1) is 12.3 Å². The van der Waals surface area contributed by atoms with E-state index in [-0.39, 0.29) is 18.5 Å². The fourth-order valence-electron chi connectivity index (χ4n) is 2.04. The molecule has 1 aromatic carbocycles. The number of carbonyl (C=O) groups excluding carboxylic acids is 1. The first-order chi connectivity index (χ1) is 10.7. The van der Waals surface area contributed by atoms with Gasteiger partial charge < -0.3 is 9.73 Å². The van der Waals surface area contributed by atoms with Gasteiger partial charge >= 0.3 is 0 Å². The Kier molecular flexibility index (Phi) is 3.95. The molecule has 1 amide bonds. The molecule has 1 atom stereocenters. The molecule has 0 aliphatic carbocycles. The summed E-state index contributed by atoms with van der Waals surface area (Å²) in [6.07, 6.45) is 1.57. The number of nitrogens with zero attached hydrogens (tertiary/aromatic N) is 4. The smallest absolute Gasteiger partial charge is 0.244 e. The van der Waals surface area contributed by atoms with Crippen molar-refractivity contribution in [2.45, 2.75) is 19.5 Å². The number of tetrazole rings is 1. The van der Waals surface area contributed by atoms with Crippen molar-refractivity contribution in [3.8, 4) is 11.4 Å². The van der Waals surface area contributed by atoms with Crippen LogP contribution in [0.15, 0.2) is 53.1 Å². The van der Waals surface area contributed by atoms with Crippen molar-refractivity contribution in [1.29, 1.82) is 0 Å². The number of furan rings is 1. The highest BCUT2D eigenvalue weighted by Crippen LogP contribution is 2.13. The van der Waals surface area contributed by atoms with Gasteiger partial charge in [-0.25, -0.2) is 0 Å². The minimum absolute atomic E-state index is 0.00484. The first-order valence-electron chi connectivity index (χ1n) is 6.88. The van der Waals surface area contributed by atoms with Crippen LogP contribution in [0.2, 0.25) is 0 Å². The van der Waals surface area contributed by atoms with E-state index >= 15 is 0 Å². The van der Waals surface area contributed by atoms with Crippen molar-refractivity contribution in [3.63, 3.8) is 0 Å². The third kappa shape index (κ3) is 3.20. The van der Waals surface area contributed by atoms with E-state index in [9.17, 15) is 4.79 Å². The molecule has 7 heteroatoms. The van der Waals surface area contributed by atoms with E-state index < -0.39 is 0 Å². The van der Waals surface area contributed by atoms with Crippen LogP contribution < -0.4 is 5.32 Å². The molecular formula is C15H15N5O2. The zero-order chi connectivity index (χ0) is 15.4. The van der Waals surface area contributed by atoms with Crippen LogP contribution in [0.1, 0.15) is 18.7 Å². The van der Waals surface area contributed by atoms with Crippen LogP contribution in [0.4, 0.5) is 0 Å². The monoisotopic (exact) mass is 297 g/mol. The highest BCUT2D eigenvalue weighted by molar-refractivity contribution is 5.75. The third-order valence-electron chi connectivity index (χ3n) is 3.12. The maximum atomic E-state index is 12.0. The van der Waals surface area contributed by atoms with E-state index in [1.807, 2.05) is 43.3 Å². The molecule has 7 nitrogen and oxygen atoms in total. The number of hydrogen-bond acceptors (Lipinski definition) is 5. The zero-order valence-corrected chi connectivity index (χ0v) is 12.0. The van der Waals surface area contributed by atoms with E-state index in [0.717, 1.165) is 5.56 Å². The fourth-order valence-corrected chi connectivity index (χ4v) is 2.04. The standard InChI is InChI=1S/C15H15N5O2/c1-11(13-8-5-9-22-13)16-14(21)10-20-18-15(17-19-20)12-6-3-2-4-7-12/h2-9,11H,10H2,1H3,(H,16,21). The molecule has 0 bridgehead atoms. The van der Waals surface area contributed by atoms with Gasteiger partial charge in [-0.3, -0.25) is 4.79 Å². The summed E-state index contributed by atoms with van der Waals surface area (Å²) in [4.78, 5) is 13.3. The maximum absolute atomic E-state index is 12.0. The second-order valence-corrected chi connectivity index (χ2v) is 4.81. The average molecular weight is 297 g/mol. The lowest BCUT2D eigenvalue weighted by molar-refractivity contribution is -0.122. The topological polar surface area (TPSA) is 85.8 Å². The number of aromatic nitrogens is 4. The van der Waals surface area contributed by atoms with E-state index in [0.29, 0.717) is 11.6 Å². The molecule has 1 unspecified atom stereocenters. The van der Waals surface area contributed by atoms with Crippen LogP contribution in [-0.2, 0) is 11.3 Å². The minimum atomic E-state index is -0.209. The maximum Gasteiger partial charge on any atom is 0.244 e. The van der Waals surface area contributed by atoms with Crippen LogP contribution >= 0.6 is 0 Å². The Morgan fingerprint density at radius 3 is 2.82 bits per heavy atom. The predicted molar refractivity (Wildman–Crippen MR) is 78.5 cm³/mol. The van der Waals surface area contributed by atoms with Crippen LogP contribution in [0.3, 0.4) is 0 Å². The molecule has 112 valence electrons. The zero-order valence-electron chi connectivity index (χ0n) is 12.0. The van der Waals surface area contributed by atoms with E-state index in [1.54, 1.807) is 12.3 Å². The molecule has 22 heavy (non-hydrogen) atoms. The average Bonchev–Trinajstić information content (AvgIpc) is 3.19. The minimum Gasteiger partial charge on any atom is -0.467 e. The van der Waals surface area contributed by atoms with Crippen molar-refractivity contribution < 1.29 is 9.21 Å². The second-order valence-electron chi connectivity index (χ2n) is 4.81. The molecule has 3 rings (SSSR count). The number of rotatable bonds is 5. The van der Waals surface area contributed by atoms with Crippen LogP contribution in [-0.4, -0.2) is 26.1 Å². The predicted octanol–water partition coefficient (Wildman–Crippen LogP) is 1.81. The van der Waals surface area contributed by atoms with Crippen LogP contribution in [0, 0.1) is 0 Å². The Labute approximate surface area is 126 Å². The Hall–Kier alpha value is -2.96. The Morgan fingerprint density at radius 2 is 2.09 bits per heavy atom. The molecule has 2 heterocycles. The van der Waals surface area contributed by atoms with E-state index in [4.69, 9.17) is 4.42 Å². The molecule has 0 spiro atoms. The molecule has 2 aromatic heterocycles. The molecule has 3 aromatic rings. The number of carbonyl (C=O) groups is 1. The summed E-state index contributed by atoms with van der Waals surface area (Å²) in [6, 6.07) is 12.9. The van der Waals surface area contributed by atoms with Gasteiger partial charge in [0.15, 0.2) is 0 Å². The molecule has 0 radical (unpaired) electrons. The highest BCUT2D eigenvalue weighted by Gasteiger charge is 2.14. The molecule has 0 saturated heterocycles. The first kappa shape index (κ1) is 14.0. The lowest BCUT2D eigenvalue weighted by Crippen LogP contribution is -2.30. The molecule has 0 aliphatic rings. The third-order valence-corrected chi connectivity index (χ3v) is 3.12. The molecule has 1 N–H and O–H groups in total. The second kappa shape index (κ2) is 6.21. The quantitative estimate of drug-likeness (QED) is 0.776. The van der Waals surface area contributed by atoms with Crippen LogP contribution in [0.25, 0.3) is 11.4 Å². The van der Waals surface area contributed by atoms with Gasteiger partial charge in [0, 0.05) is 5.56 Å². The Morgan fingerprint density at radius 1 is 1.27 bits per heavy atom. The van der Waals surface area contributed by atoms with Crippen molar-refractivity contribution in [2.24, 2.45) is 0 Å². The number of amides is 1. The normalized spacial score (nSPS) is 12.0. The summed E-state index contributed by atoms with van der Waals surface area (Å²) in [5.41, 5.74) is 0.859. The summed E-state index contributed by atoms with van der Waals surface area (Å²) in [5, 5.41) is 14.9. The van der Waals surface area contributed by atoms with E-state index in [2.05, 4.69) is 20.7 Å². The summed E-state index contributed by atoms with van der Waals surface area (Å²) >= 11 is 0. The molecule has 0 fully saturated rings. The molecule has 0 saturated carbocycles. The lowest BCUT2D eigenvalue weighted by atomic mass is 10.2. The summed E-state index contributed by atoms with van der Waals surface area (Å²) in [7, 11) is 0. The van der Waals surface area contributed by atoms with Crippen molar-refractivity contribution in [2.75, 3.05) is 0 Å². The largest absolute Gasteiger partial charge is 0.467 e. The Bertz CT molecular complexity index is 736. The summed E-state index contributed by atoms with van der Waals surface area (Å²) in [5.74, 6) is 0.985. The molecular weight excluding hydrogens is 282 g/mol. The van der Waals surface area contributed by atoms with Gasteiger partial charge in [-0.1, -0.05) is 30.3 Å². The number of benzene rings is 1. The SMILES string of the molecule is CC(NC(=O)Cn1nnc(-c2ccccc2)n1)c1ccco1. The van der Waals surface area contributed by atoms with Crippen molar-refractivity contribution >= 4 is 5.91 Å².